The Morgan fingerprint density at radius 3 is 2.68 bits per heavy atom. The first-order chi connectivity index (χ1) is 11.7. The first-order valence-corrected chi connectivity index (χ1v) is 8.99. The highest BCUT2D eigenvalue weighted by atomic mass is 79.9. The Labute approximate surface area is 157 Å². The van der Waals surface area contributed by atoms with Crippen LogP contribution in [0.2, 0.25) is 0 Å². The molecule has 1 unspecified atom stereocenters. The van der Waals surface area contributed by atoms with Gasteiger partial charge in [0.25, 0.3) is 5.91 Å². The van der Waals surface area contributed by atoms with Crippen LogP contribution in [0.4, 0.5) is 5.69 Å². The Morgan fingerprint density at radius 2 is 2.12 bits per heavy atom. The second-order valence-electron chi connectivity index (χ2n) is 6.36. The fourth-order valence-corrected chi connectivity index (χ4v) is 3.16. The minimum absolute atomic E-state index is 0.0225. The number of halogens is 1. The zero-order valence-electron chi connectivity index (χ0n) is 15.6. The molecule has 0 spiro atoms. The van der Waals surface area contributed by atoms with Gasteiger partial charge >= 0.3 is 0 Å². The van der Waals surface area contributed by atoms with Crippen molar-refractivity contribution >= 4 is 27.5 Å². The highest BCUT2D eigenvalue weighted by Crippen LogP contribution is 2.22. The molecule has 1 aromatic heterocycles. The lowest BCUT2D eigenvalue weighted by Gasteiger charge is -2.22. The summed E-state index contributed by atoms with van der Waals surface area (Å²) in [6.07, 6.45) is 0. The number of benzene rings is 1. The summed E-state index contributed by atoms with van der Waals surface area (Å²) in [5.41, 5.74) is 3.63. The summed E-state index contributed by atoms with van der Waals surface area (Å²) in [4.78, 5) is 13.7. The van der Waals surface area contributed by atoms with Crippen LogP contribution in [0, 0.1) is 13.8 Å². The van der Waals surface area contributed by atoms with Gasteiger partial charge in [0.1, 0.15) is 12.3 Å². The second kappa shape index (κ2) is 8.01. The number of hydrogen-bond acceptors (Lipinski definition) is 3. The van der Waals surface area contributed by atoms with Crippen molar-refractivity contribution in [2.24, 2.45) is 7.05 Å². The Hall–Kier alpha value is -1.86. The minimum Gasteiger partial charge on any atom is -0.496 e. The number of anilines is 1. The molecule has 2 atom stereocenters. The number of ether oxygens (including phenoxy) is 1. The molecule has 0 fully saturated rings. The third kappa shape index (κ3) is 4.41. The van der Waals surface area contributed by atoms with E-state index in [2.05, 4.69) is 26.3 Å². The van der Waals surface area contributed by atoms with Crippen molar-refractivity contribution in [3.8, 4) is 5.75 Å². The molecule has 0 aliphatic carbocycles. The number of nitrogens with one attached hydrogen (secondary N) is 2. The van der Waals surface area contributed by atoms with Crippen LogP contribution in [-0.2, 0) is 18.4 Å². The largest absolute Gasteiger partial charge is 0.496 e. The quantitative estimate of drug-likeness (QED) is 0.764. The molecule has 1 aromatic carbocycles. The van der Waals surface area contributed by atoms with Gasteiger partial charge in [0, 0.05) is 17.1 Å². The number of carbonyl (C=O) groups excluding carboxylic acids is 1. The molecule has 2 N–H and O–H groups in total. The summed E-state index contributed by atoms with van der Waals surface area (Å²) in [5.74, 6) is 0.805. The fraction of sp³-hybridized carbons (Fsp3) is 0.444. The predicted molar refractivity (Wildman–Crippen MR) is 102 cm³/mol. The van der Waals surface area contributed by atoms with Crippen LogP contribution in [-0.4, -0.2) is 35.9 Å². The van der Waals surface area contributed by atoms with E-state index in [9.17, 15) is 4.79 Å². The second-order valence-corrected chi connectivity index (χ2v) is 7.28. The number of amides is 1. The number of nitrogens with zero attached hydrogens (tertiary/aromatic N) is 2. The predicted octanol–water partition coefficient (Wildman–Crippen LogP) is 1.85. The molecule has 2 aromatic rings. The normalized spacial score (nSPS) is 13.4. The van der Waals surface area contributed by atoms with Crippen molar-refractivity contribution in [2.75, 3.05) is 19.5 Å². The van der Waals surface area contributed by atoms with Gasteiger partial charge in [-0.05, 0) is 39.0 Å². The fourth-order valence-electron chi connectivity index (χ4n) is 2.75. The third-order valence-corrected chi connectivity index (χ3v) is 5.09. The molecule has 0 saturated carbocycles. The SMILES string of the molecule is COc1ccc(Br)cc1C[NH+](C)[C@@H](C)C(=O)Nc1c(C)nn(C)c1C. The number of likely N-dealkylation sites (N-methyl/N-ethyl adjacent to an activating group) is 1. The van der Waals surface area contributed by atoms with Gasteiger partial charge in [-0.3, -0.25) is 9.48 Å². The minimum atomic E-state index is -0.220. The topological polar surface area (TPSA) is 60.6 Å². The van der Waals surface area contributed by atoms with Crippen LogP contribution in [0.25, 0.3) is 0 Å². The van der Waals surface area contributed by atoms with Crippen LogP contribution >= 0.6 is 15.9 Å². The molecular formula is C18H26BrN4O2+. The van der Waals surface area contributed by atoms with Crippen molar-refractivity contribution in [2.45, 2.75) is 33.4 Å². The number of carbonyl (C=O) groups is 1. The van der Waals surface area contributed by atoms with Gasteiger partial charge in [-0.1, -0.05) is 15.9 Å². The first-order valence-electron chi connectivity index (χ1n) is 8.20. The van der Waals surface area contributed by atoms with Crippen LogP contribution in [0.1, 0.15) is 23.9 Å². The van der Waals surface area contributed by atoms with Crippen molar-refractivity contribution in [1.29, 1.82) is 0 Å². The molecule has 2 rings (SSSR count). The van der Waals surface area contributed by atoms with E-state index in [1.54, 1.807) is 11.8 Å². The average molecular weight is 410 g/mol. The number of quaternary nitrogens is 1. The summed E-state index contributed by atoms with van der Waals surface area (Å²) >= 11 is 3.49. The maximum absolute atomic E-state index is 12.7. The number of rotatable bonds is 6. The molecular weight excluding hydrogens is 384 g/mol. The molecule has 0 bridgehead atoms. The van der Waals surface area contributed by atoms with E-state index in [0.29, 0.717) is 6.54 Å². The highest BCUT2D eigenvalue weighted by Gasteiger charge is 2.25. The van der Waals surface area contributed by atoms with Gasteiger partial charge in [0.05, 0.1) is 31.2 Å². The number of aryl methyl sites for hydroxylation is 2. The Morgan fingerprint density at radius 1 is 1.44 bits per heavy atom. The van der Waals surface area contributed by atoms with E-state index < -0.39 is 0 Å². The van der Waals surface area contributed by atoms with Crippen LogP contribution in [0.15, 0.2) is 22.7 Å². The lowest BCUT2D eigenvalue weighted by molar-refractivity contribution is -0.907. The van der Waals surface area contributed by atoms with Gasteiger partial charge in [0.15, 0.2) is 6.04 Å². The smallest absolute Gasteiger partial charge is 0.282 e. The summed E-state index contributed by atoms with van der Waals surface area (Å²) in [6.45, 7) is 6.46. The Kier molecular flexibility index (Phi) is 6.24. The molecule has 6 nitrogen and oxygen atoms in total. The maximum Gasteiger partial charge on any atom is 0.282 e. The van der Waals surface area contributed by atoms with Crippen LogP contribution in [0.5, 0.6) is 5.75 Å². The van der Waals surface area contributed by atoms with Crippen LogP contribution < -0.4 is 15.0 Å². The van der Waals surface area contributed by atoms with E-state index in [0.717, 1.165) is 37.8 Å². The average Bonchev–Trinajstić information content (AvgIpc) is 2.80. The van der Waals surface area contributed by atoms with E-state index in [-0.39, 0.29) is 11.9 Å². The third-order valence-electron chi connectivity index (χ3n) is 4.60. The molecule has 0 saturated heterocycles. The molecule has 0 aliphatic rings. The van der Waals surface area contributed by atoms with Gasteiger partial charge in [-0.15, -0.1) is 0 Å². The monoisotopic (exact) mass is 409 g/mol. The Balaban J connectivity index is 2.10. The first kappa shape index (κ1) is 19.5. The van der Waals surface area contributed by atoms with E-state index in [1.807, 2.05) is 53.1 Å². The van der Waals surface area contributed by atoms with Gasteiger partial charge < -0.3 is 15.0 Å². The maximum atomic E-state index is 12.7. The zero-order chi connectivity index (χ0) is 18.7. The molecule has 136 valence electrons. The van der Waals surface area contributed by atoms with Gasteiger partial charge in [-0.2, -0.15) is 5.10 Å². The number of hydrogen-bond donors (Lipinski definition) is 2. The van der Waals surface area contributed by atoms with Crippen molar-refractivity contribution in [3.63, 3.8) is 0 Å². The lowest BCUT2D eigenvalue weighted by atomic mass is 10.1. The van der Waals surface area contributed by atoms with Crippen molar-refractivity contribution in [3.05, 3.63) is 39.6 Å². The lowest BCUT2D eigenvalue weighted by Crippen LogP contribution is -3.12. The van der Waals surface area contributed by atoms with E-state index in [1.165, 1.54) is 0 Å². The molecule has 1 amide bonds. The molecule has 0 aliphatic heterocycles. The molecule has 25 heavy (non-hydrogen) atoms. The standard InChI is InChI=1S/C18H25BrN4O2/c1-11-17(12(2)23(5)21-11)20-18(24)13(3)22(4)10-14-9-15(19)7-8-16(14)25-6/h7-9,13H,10H2,1-6H3,(H,20,24)/p+1/t13-/m0/s1. The van der Waals surface area contributed by atoms with E-state index in [4.69, 9.17) is 4.74 Å². The molecule has 7 heteroatoms. The number of aromatic nitrogens is 2. The van der Waals surface area contributed by atoms with Crippen molar-refractivity contribution in [1.82, 2.24) is 9.78 Å². The van der Waals surface area contributed by atoms with Crippen LogP contribution in [0.3, 0.4) is 0 Å². The molecule has 1 heterocycles. The molecule has 0 radical (unpaired) electrons. The Bertz CT molecular complexity index is 773. The van der Waals surface area contributed by atoms with Gasteiger partial charge in [-0.25, -0.2) is 0 Å². The summed E-state index contributed by atoms with van der Waals surface area (Å²) in [5, 5.41) is 7.36. The van der Waals surface area contributed by atoms with Crippen molar-refractivity contribution < 1.29 is 14.4 Å². The highest BCUT2D eigenvalue weighted by molar-refractivity contribution is 9.10. The summed E-state index contributed by atoms with van der Waals surface area (Å²) in [7, 11) is 5.54. The zero-order valence-corrected chi connectivity index (χ0v) is 17.2. The van der Waals surface area contributed by atoms with Gasteiger partial charge in [0.2, 0.25) is 0 Å². The number of methoxy groups -OCH3 is 1. The van der Waals surface area contributed by atoms with E-state index >= 15 is 0 Å². The summed E-state index contributed by atoms with van der Waals surface area (Å²) < 4.78 is 8.20. The summed E-state index contributed by atoms with van der Waals surface area (Å²) in [6, 6.07) is 5.69.